The van der Waals surface area contributed by atoms with E-state index in [9.17, 15) is 4.79 Å². The van der Waals surface area contributed by atoms with Crippen molar-refractivity contribution in [1.29, 1.82) is 0 Å². The van der Waals surface area contributed by atoms with E-state index in [4.69, 9.17) is 16.7 Å². The zero-order chi connectivity index (χ0) is 6.41. The highest BCUT2D eigenvalue weighted by Crippen LogP contribution is 1.68. The molecule has 0 bridgehead atoms. The molecule has 0 fully saturated rings. The molecule has 0 atom stereocenters. The van der Waals surface area contributed by atoms with Crippen LogP contribution in [-0.4, -0.2) is 30.0 Å². The van der Waals surface area contributed by atoms with Crippen LogP contribution in [0.2, 0.25) is 0 Å². The third-order valence-corrected chi connectivity index (χ3v) is 0.749. The Hall–Kier alpha value is -0.280. The average Bonchev–Trinajstić information content (AvgIpc) is 1.83. The van der Waals surface area contributed by atoms with E-state index in [2.05, 4.69) is 5.32 Å². The Morgan fingerprint density at radius 3 is 2.75 bits per heavy atom. The average molecular weight is 138 g/mol. The minimum atomic E-state index is -0.461. The number of rotatable bonds is 3. The van der Waals surface area contributed by atoms with Crippen LogP contribution >= 0.6 is 11.6 Å². The molecule has 0 aromatic rings. The summed E-state index contributed by atoms with van der Waals surface area (Å²) >= 11 is 5.21. The second-order valence-electron chi connectivity index (χ2n) is 1.20. The second-order valence-corrected chi connectivity index (χ2v) is 1.58. The molecule has 0 aliphatic carbocycles. The minimum absolute atomic E-state index is 0.381. The number of hydrogen-bond donors (Lipinski definition) is 2. The van der Waals surface area contributed by atoms with Gasteiger partial charge in [0.1, 0.15) is 6.61 Å². The molecule has 0 spiro atoms. The fourth-order valence-electron chi connectivity index (χ4n) is 0.243. The molecule has 0 unspecified atom stereocenters. The SMILES string of the molecule is O=C(CO)NCCCl. The molecule has 0 heterocycles. The second kappa shape index (κ2) is 4.87. The van der Waals surface area contributed by atoms with Crippen LogP contribution in [0, 0.1) is 0 Å². The number of hydrogen-bond acceptors (Lipinski definition) is 2. The van der Waals surface area contributed by atoms with E-state index in [1.54, 1.807) is 0 Å². The molecular formula is C4H8ClNO2. The Morgan fingerprint density at radius 1 is 1.75 bits per heavy atom. The summed E-state index contributed by atoms with van der Waals surface area (Å²) in [5.74, 6) is -0.00296. The third-order valence-electron chi connectivity index (χ3n) is 0.560. The van der Waals surface area contributed by atoms with Crippen molar-refractivity contribution in [2.45, 2.75) is 0 Å². The maximum absolute atomic E-state index is 10.2. The van der Waals surface area contributed by atoms with E-state index in [0.717, 1.165) is 0 Å². The molecule has 3 nitrogen and oxygen atoms in total. The Balaban J connectivity index is 2.99. The highest BCUT2D eigenvalue weighted by Gasteiger charge is 1.92. The Morgan fingerprint density at radius 2 is 2.38 bits per heavy atom. The molecule has 0 aromatic heterocycles. The first-order valence-corrected chi connectivity index (χ1v) is 2.78. The molecule has 0 aromatic carbocycles. The third kappa shape index (κ3) is 3.89. The predicted octanol–water partition coefficient (Wildman–Crippen LogP) is -0.666. The molecule has 0 radical (unpaired) electrons. The molecule has 1 amide bonds. The van der Waals surface area contributed by atoms with Gasteiger partial charge in [-0.25, -0.2) is 0 Å². The van der Waals surface area contributed by atoms with Crippen LogP contribution in [0.25, 0.3) is 0 Å². The van der Waals surface area contributed by atoms with E-state index in [0.29, 0.717) is 12.4 Å². The van der Waals surface area contributed by atoms with Gasteiger partial charge in [-0.1, -0.05) is 0 Å². The molecule has 0 aliphatic heterocycles. The van der Waals surface area contributed by atoms with Crippen LogP contribution < -0.4 is 5.32 Å². The molecule has 0 saturated carbocycles. The van der Waals surface area contributed by atoms with Crippen LogP contribution in [0.4, 0.5) is 0 Å². The molecule has 0 rings (SSSR count). The zero-order valence-corrected chi connectivity index (χ0v) is 5.11. The van der Waals surface area contributed by atoms with Gasteiger partial charge < -0.3 is 10.4 Å². The van der Waals surface area contributed by atoms with Gasteiger partial charge in [0.2, 0.25) is 5.91 Å². The number of carbonyl (C=O) groups is 1. The van der Waals surface area contributed by atoms with Crippen molar-refractivity contribution in [2.24, 2.45) is 0 Å². The predicted molar refractivity (Wildman–Crippen MR) is 30.8 cm³/mol. The topological polar surface area (TPSA) is 49.3 Å². The molecule has 8 heavy (non-hydrogen) atoms. The van der Waals surface area contributed by atoms with Crippen LogP contribution in [0.1, 0.15) is 0 Å². The number of nitrogens with one attached hydrogen (secondary N) is 1. The first-order chi connectivity index (χ1) is 3.81. The van der Waals surface area contributed by atoms with E-state index >= 15 is 0 Å². The van der Waals surface area contributed by atoms with E-state index in [1.807, 2.05) is 0 Å². The number of carbonyl (C=O) groups excluding carboxylic acids is 1. The number of alkyl halides is 1. The van der Waals surface area contributed by atoms with Gasteiger partial charge in [-0.3, -0.25) is 4.79 Å². The van der Waals surface area contributed by atoms with Gasteiger partial charge in [-0.15, -0.1) is 11.6 Å². The summed E-state index contributed by atoms with van der Waals surface area (Å²) < 4.78 is 0. The standard InChI is InChI=1S/C4H8ClNO2/c5-1-2-6-4(8)3-7/h7H,1-3H2,(H,6,8). The van der Waals surface area contributed by atoms with E-state index in [1.165, 1.54) is 0 Å². The largest absolute Gasteiger partial charge is 0.387 e. The summed E-state index contributed by atoms with van der Waals surface area (Å²) in [6.07, 6.45) is 0. The molecule has 2 N–H and O–H groups in total. The Bertz CT molecular complexity index is 76.4. The highest BCUT2D eigenvalue weighted by atomic mass is 35.5. The summed E-state index contributed by atoms with van der Waals surface area (Å²) in [6, 6.07) is 0. The van der Waals surface area contributed by atoms with Crippen molar-refractivity contribution in [2.75, 3.05) is 19.0 Å². The fourth-order valence-corrected chi connectivity index (χ4v) is 0.337. The van der Waals surface area contributed by atoms with Gasteiger partial charge >= 0.3 is 0 Å². The van der Waals surface area contributed by atoms with E-state index in [-0.39, 0.29) is 5.91 Å². The Labute approximate surface area is 52.6 Å². The van der Waals surface area contributed by atoms with E-state index < -0.39 is 6.61 Å². The summed E-state index contributed by atoms with van der Waals surface area (Å²) in [5.41, 5.74) is 0. The molecule has 0 saturated heterocycles. The molecule has 4 heteroatoms. The number of amides is 1. The zero-order valence-electron chi connectivity index (χ0n) is 4.35. The lowest BCUT2D eigenvalue weighted by molar-refractivity contribution is -0.123. The van der Waals surface area contributed by atoms with Gasteiger partial charge in [0.25, 0.3) is 0 Å². The number of aliphatic hydroxyl groups is 1. The lowest BCUT2D eigenvalue weighted by Gasteiger charge is -1.95. The molecule has 0 aliphatic rings. The minimum Gasteiger partial charge on any atom is -0.387 e. The summed E-state index contributed by atoms with van der Waals surface area (Å²) in [6.45, 7) is -0.0438. The van der Waals surface area contributed by atoms with Crippen molar-refractivity contribution in [3.63, 3.8) is 0 Å². The van der Waals surface area contributed by atoms with Crippen LogP contribution in [0.3, 0.4) is 0 Å². The van der Waals surface area contributed by atoms with Gasteiger partial charge in [0.05, 0.1) is 0 Å². The van der Waals surface area contributed by atoms with Gasteiger partial charge in [-0.2, -0.15) is 0 Å². The summed E-state index contributed by atoms with van der Waals surface area (Å²) in [7, 11) is 0. The van der Waals surface area contributed by atoms with Crippen LogP contribution in [0.15, 0.2) is 0 Å². The maximum Gasteiger partial charge on any atom is 0.245 e. The smallest absolute Gasteiger partial charge is 0.245 e. The number of halogens is 1. The van der Waals surface area contributed by atoms with Crippen molar-refractivity contribution < 1.29 is 9.90 Å². The first kappa shape index (κ1) is 7.72. The Kier molecular flexibility index (Phi) is 4.70. The van der Waals surface area contributed by atoms with Crippen molar-refractivity contribution in [3.8, 4) is 0 Å². The lowest BCUT2D eigenvalue weighted by Crippen LogP contribution is -2.27. The monoisotopic (exact) mass is 137 g/mol. The normalized spacial score (nSPS) is 8.75. The van der Waals surface area contributed by atoms with Crippen LogP contribution in [0.5, 0.6) is 0 Å². The lowest BCUT2D eigenvalue weighted by atomic mass is 10.6. The van der Waals surface area contributed by atoms with Gasteiger partial charge in [0, 0.05) is 12.4 Å². The fraction of sp³-hybridized carbons (Fsp3) is 0.750. The maximum atomic E-state index is 10.2. The first-order valence-electron chi connectivity index (χ1n) is 2.24. The van der Waals surface area contributed by atoms with Gasteiger partial charge in [-0.05, 0) is 0 Å². The quantitative estimate of drug-likeness (QED) is 0.507. The number of aliphatic hydroxyl groups excluding tert-OH is 1. The molecule has 48 valence electrons. The van der Waals surface area contributed by atoms with Crippen molar-refractivity contribution in [3.05, 3.63) is 0 Å². The molecular weight excluding hydrogens is 130 g/mol. The van der Waals surface area contributed by atoms with Crippen LogP contribution in [-0.2, 0) is 4.79 Å². The van der Waals surface area contributed by atoms with Crippen molar-refractivity contribution >= 4 is 17.5 Å². The highest BCUT2D eigenvalue weighted by molar-refractivity contribution is 6.18. The van der Waals surface area contributed by atoms with Crippen molar-refractivity contribution in [1.82, 2.24) is 5.32 Å². The summed E-state index contributed by atoms with van der Waals surface area (Å²) in [5, 5.41) is 10.5. The van der Waals surface area contributed by atoms with Gasteiger partial charge in [0.15, 0.2) is 0 Å². The summed E-state index contributed by atoms with van der Waals surface area (Å²) in [4.78, 5) is 10.2.